The lowest BCUT2D eigenvalue weighted by Gasteiger charge is -2.25. The number of hydrogen-bond donors (Lipinski definition) is 2. The minimum atomic E-state index is 0.0232. The lowest BCUT2D eigenvalue weighted by molar-refractivity contribution is 0.266. The standard InChI is InChI=1S/C23H28N8O4/c1-29-20-16(10-25-29)26-23(28-22(20)31-7-5-6-14(31)12-32)27-19-11-30(13-24-19)15-8-17(33-2)21(35-4)18(9-15)34-3/h8-11,13-14,32H,5-7,12H2,1-4H3,(H,26,27,28). The third-order valence-corrected chi connectivity index (χ3v) is 6.20. The number of aliphatic hydroxyl groups excluding tert-OH is 1. The van der Waals surface area contributed by atoms with Crippen molar-refractivity contribution in [2.75, 3.05) is 44.7 Å². The zero-order chi connectivity index (χ0) is 24.5. The molecule has 1 fully saturated rings. The molecule has 12 nitrogen and oxygen atoms in total. The van der Waals surface area contributed by atoms with E-state index in [1.54, 1.807) is 38.5 Å². The predicted octanol–water partition coefficient (Wildman–Crippen LogP) is 2.28. The summed E-state index contributed by atoms with van der Waals surface area (Å²) in [5, 5.41) is 17.4. The van der Waals surface area contributed by atoms with Crippen molar-refractivity contribution in [3.63, 3.8) is 0 Å². The van der Waals surface area contributed by atoms with Gasteiger partial charge in [0.25, 0.3) is 0 Å². The van der Waals surface area contributed by atoms with Crippen LogP contribution in [0.2, 0.25) is 0 Å². The Kier molecular flexibility index (Phi) is 6.03. The van der Waals surface area contributed by atoms with Gasteiger partial charge in [0, 0.05) is 25.7 Å². The van der Waals surface area contributed by atoms with Crippen molar-refractivity contribution in [1.29, 1.82) is 0 Å². The summed E-state index contributed by atoms with van der Waals surface area (Å²) < 4.78 is 19.9. The second kappa shape index (κ2) is 9.29. The fourth-order valence-corrected chi connectivity index (χ4v) is 4.48. The molecular weight excluding hydrogens is 452 g/mol. The fourth-order valence-electron chi connectivity index (χ4n) is 4.48. The maximum Gasteiger partial charge on any atom is 0.231 e. The van der Waals surface area contributed by atoms with Crippen LogP contribution in [-0.4, -0.2) is 74.9 Å². The highest BCUT2D eigenvalue weighted by atomic mass is 16.5. The average molecular weight is 481 g/mol. The Morgan fingerprint density at radius 3 is 2.57 bits per heavy atom. The summed E-state index contributed by atoms with van der Waals surface area (Å²) in [5.74, 6) is 3.32. The lowest BCUT2D eigenvalue weighted by Crippen LogP contribution is -2.33. The third kappa shape index (κ3) is 4.05. The monoisotopic (exact) mass is 480 g/mol. The number of aliphatic hydroxyl groups is 1. The highest BCUT2D eigenvalue weighted by Crippen LogP contribution is 2.39. The van der Waals surface area contributed by atoms with Crippen LogP contribution in [-0.2, 0) is 7.05 Å². The van der Waals surface area contributed by atoms with E-state index < -0.39 is 0 Å². The number of rotatable bonds is 8. The summed E-state index contributed by atoms with van der Waals surface area (Å²) in [5.41, 5.74) is 2.33. The minimum Gasteiger partial charge on any atom is -0.493 e. The first-order valence-corrected chi connectivity index (χ1v) is 11.2. The van der Waals surface area contributed by atoms with Gasteiger partial charge in [-0.3, -0.25) is 4.68 Å². The zero-order valence-electron chi connectivity index (χ0n) is 20.1. The fraction of sp³-hybridized carbons (Fsp3) is 0.391. The molecular formula is C23H28N8O4. The third-order valence-electron chi connectivity index (χ3n) is 6.20. The largest absolute Gasteiger partial charge is 0.493 e. The number of nitrogens with one attached hydrogen (secondary N) is 1. The van der Waals surface area contributed by atoms with Crippen LogP contribution in [0.4, 0.5) is 17.6 Å². The topological polar surface area (TPSA) is 125 Å². The maximum absolute atomic E-state index is 9.85. The van der Waals surface area contributed by atoms with Gasteiger partial charge in [0.15, 0.2) is 23.1 Å². The molecule has 0 amide bonds. The van der Waals surface area contributed by atoms with Crippen LogP contribution in [0.3, 0.4) is 0 Å². The van der Waals surface area contributed by atoms with Crippen molar-refractivity contribution < 1.29 is 19.3 Å². The van der Waals surface area contributed by atoms with Crippen molar-refractivity contribution in [2.24, 2.45) is 7.05 Å². The number of aryl methyl sites for hydroxylation is 1. The number of benzene rings is 1. The van der Waals surface area contributed by atoms with E-state index in [0.717, 1.165) is 36.4 Å². The smallest absolute Gasteiger partial charge is 0.231 e. The van der Waals surface area contributed by atoms with E-state index in [2.05, 4.69) is 25.3 Å². The Morgan fingerprint density at radius 1 is 1.11 bits per heavy atom. The zero-order valence-corrected chi connectivity index (χ0v) is 20.1. The first-order chi connectivity index (χ1) is 17.1. The van der Waals surface area contributed by atoms with Crippen LogP contribution >= 0.6 is 0 Å². The van der Waals surface area contributed by atoms with Crippen LogP contribution in [0.5, 0.6) is 17.2 Å². The second-order valence-electron chi connectivity index (χ2n) is 8.22. The molecule has 1 saturated heterocycles. The Hall–Kier alpha value is -4.06. The molecule has 4 heterocycles. The first kappa shape index (κ1) is 22.7. The number of aromatic nitrogens is 6. The van der Waals surface area contributed by atoms with Gasteiger partial charge in [-0.15, -0.1) is 0 Å². The molecule has 1 aliphatic rings. The Balaban J connectivity index is 1.48. The van der Waals surface area contributed by atoms with Crippen LogP contribution < -0.4 is 24.4 Å². The van der Waals surface area contributed by atoms with Gasteiger partial charge in [-0.2, -0.15) is 10.1 Å². The van der Waals surface area contributed by atoms with Crippen molar-refractivity contribution in [1.82, 2.24) is 29.3 Å². The van der Waals surface area contributed by atoms with Crippen molar-refractivity contribution >= 4 is 28.6 Å². The molecule has 5 rings (SSSR count). The quantitative estimate of drug-likeness (QED) is 0.388. The van der Waals surface area contributed by atoms with E-state index >= 15 is 0 Å². The van der Waals surface area contributed by atoms with E-state index in [1.165, 1.54) is 0 Å². The molecule has 0 bridgehead atoms. The Morgan fingerprint density at radius 2 is 1.89 bits per heavy atom. The molecule has 0 radical (unpaired) electrons. The highest BCUT2D eigenvalue weighted by Gasteiger charge is 2.28. The number of hydrogen-bond acceptors (Lipinski definition) is 10. The van der Waals surface area contributed by atoms with Crippen LogP contribution in [0.15, 0.2) is 30.9 Å². The number of nitrogens with zero attached hydrogens (tertiary/aromatic N) is 7. The van der Waals surface area contributed by atoms with Gasteiger partial charge in [-0.1, -0.05) is 0 Å². The van der Waals surface area contributed by atoms with E-state index in [0.29, 0.717) is 34.5 Å². The summed E-state index contributed by atoms with van der Waals surface area (Å²) in [7, 11) is 6.59. The molecule has 0 aliphatic carbocycles. The summed E-state index contributed by atoms with van der Waals surface area (Å²) in [6.45, 7) is 0.892. The molecule has 1 aliphatic heterocycles. The minimum absolute atomic E-state index is 0.0232. The van der Waals surface area contributed by atoms with Crippen LogP contribution in [0, 0.1) is 0 Å². The Labute approximate surface area is 202 Å². The van der Waals surface area contributed by atoms with Gasteiger partial charge < -0.3 is 34.1 Å². The molecule has 35 heavy (non-hydrogen) atoms. The molecule has 2 N–H and O–H groups in total. The maximum atomic E-state index is 9.85. The molecule has 1 unspecified atom stereocenters. The van der Waals surface area contributed by atoms with Gasteiger partial charge in [0.1, 0.15) is 17.4 Å². The van der Waals surface area contributed by atoms with Gasteiger partial charge in [-0.25, -0.2) is 9.97 Å². The van der Waals surface area contributed by atoms with Gasteiger partial charge in [0.2, 0.25) is 11.7 Å². The van der Waals surface area contributed by atoms with Gasteiger partial charge in [-0.05, 0) is 12.8 Å². The van der Waals surface area contributed by atoms with Crippen molar-refractivity contribution in [3.8, 4) is 22.9 Å². The van der Waals surface area contributed by atoms with Crippen molar-refractivity contribution in [2.45, 2.75) is 18.9 Å². The molecule has 0 spiro atoms. The molecule has 3 aromatic heterocycles. The second-order valence-corrected chi connectivity index (χ2v) is 8.22. The molecule has 1 aromatic carbocycles. The molecule has 0 saturated carbocycles. The summed E-state index contributed by atoms with van der Waals surface area (Å²) in [6, 6.07) is 3.70. The number of fused-ring (bicyclic) bond motifs is 1. The predicted molar refractivity (Wildman–Crippen MR) is 130 cm³/mol. The summed E-state index contributed by atoms with van der Waals surface area (Å²) in [4.78, 5) is 16.0. The van der Waals surface area contributed by atoms with Gasteiger partial charge >= 0.3 is 0 Å². The van der Waals surface area contributed by atoms with Crippen LogP contribution in [0.25, 0.3) is 16.7 Å². The number of imidazole rings is 1. The first-order valence-electron chi connectivity index (χ1n) is 11.2. The molecule has 184 valence electrons. The average Bonchev–Trinajstić information content (AvgIpc) is 3.63. The molecule has 12 heteroatoms. The molecule has 1 atom stereocenters. The van der Waals surface area contributed by atoms with E-state index in [9.17, 15) is 5.11 Å². The SMILES string of the molecule is COc1cc(-n2cnc(Nc3nc(N4CCCC4CO)c4c(cnn4C)n3)c2)cc(OC)c1OC. The highest BCUT2D eigenvalue weighted by molar-refractivity contribution is 5.87. The number of methoxy groups -OCH3 is 3. The normalized spacial score (nSPS) is 15.6. The van der Waals surface area contributed by atoms with Gasteiger partial charge in [0.05, 0.1) is 52.1 Å². The lowest BCUT2D eigenvalue weighted by atomic mass is 10.2. The molecule has 4 aromatic rings. The number of anilines is 3. The number of ether oxygens (including phenoxy) is 3. The Bertz CT molecular complexity index is 1330. The summed E-state index contributed by atoms with van der Waals surface area (Å²) >= 11 is 0. The van der Waals surface area contributed by atoms with E-state index in [1.807, 2.05) is 29.9 Å². The van der Waals surface area contributed by atoms with Crippen molar-refractivity contribution in [3.05, 3.63) is 30.9 Å². The summed E-state index contributed by atoms with van der Waals surface area (Å²) in [6.07, 6.45) is 7.13. The van der Waals surface area contributed by atoms with E-state index in [-0.39, 0.29) is 12.6 Å². The van der Waals surface area contributed by atoms with Crippen LogP contribution in [0.1, 0.15) is 12.8 Å². The van der Waals surface area contributed by atoms with E-state index in [4.69, 9.17) is 19.2 Å².